The summed E-state index contributed by atoms with van der Waals surface area (Å²) in [5.74, 6) is 0.207. The Morgan fingerprint density at radius 3 is 2.84 bits per heavy atom. The van der Waals surface area contributed by atoms with Gasteiger partial charge in [0, 0.05) is 11.9 Å². The number of thiazole rings is 1. The smallest absolute Gasteiger partial charge is 0.329 e. The van der Waals surface area contributed by atoms with Crippen LogP contribution in [0.25, 0.3) is 0 Å². The van der Waals surface area contributed by atoms with E-state index in [-0.39, 0.29) is 17.5 Å². The topological polar surface area (TPSA) is 111 Å². The molecule has 0 aromatic carbocycles. The van der Waals surface area contributed by atoms with Crippen LogP contribution in [0.1, 0.15) is 10.6 Å². The molecular formula is C10H12N6O2S. The maximum absolute atomic E-state index is 11.0. The highest BCUT2D eigenvalue weighted by molar-refractivity contribution is 7.09. The van der Waals surface area contributed by atoms with Crippen LogP contribution in [-0.2, 0) is 6.54 Å². The highest BCUT2D eigenvalue weighted by Crippen LogP contribution is 2.26. The van der Waals surface area contributed by atoms with Crippen LogP contribution in [0, 0.1) is 17.0 Å². The zero-order valence-electron chi connectivity index (χ0n) is 10.4. The first-order chi connectivity index (χ1) is 8.99. The molecule has 2 N–H and O–H groups in total. The van der Waals surface area contributed by atoms with E-state index < -0.39 is 4.92 Å². The number of rotatable bonds is 4. The summed E-state index contributed by atoms with van der Waals surface area (Å²) in [7, 11) is 1.72. The summed E-state index contributed by atoms with van der Waals surface area (Å²) < 4.78 is 0. The summed E-state index contributed by atoms with van der Waals surface area (Å²) in [6.45, 7) is 2.37. The Morgan fingerprint density at radius 1 is 1.53 bits per heavy atom. The largest absolute Gasteiger partial charge is 0.368 e. The zero-order chi connectivity index (χ0) is 14.0. The third-order valence-electron chi connectivity index (χ3n) is 2.55. The van der Waals surface area contributed by atoms with Gasteiger partial charge in [-0.15, -0.1) is 11.3 Å². The number of hydrogen-bond donors (Lipinski definition) is 1. The van der Waals surface area contributed by atoms with Crippen molar-refractivity contribution in [2.24, 2.45) is 0 Å². The number of nitrogens with two attached hydrogens (primary N) is 1. The van der Waals surface area contributed by atoms with Crippen LogP contribution < -0.4 is 10.6 Å². The molecule has 2 aromatic heterocycles. The lowest BCUT2D eigenvalue weighted by molar-refractivity contribution is -0.384. The molecule has 19 heavy (non-hydrogen) atoms. The predicted molar refractivity (Wildman–Crippen MR) is 72.1 cm³/mol. The minimum absolute atomic E-state index is 0.00785. The van der Waals surface area contributed by atoms with Crippen LogP contribution in [0.2, 0.25) is 0 Å². The van der Waals surface area contributed by atoms with Crippen LogP contribution in [-0.4, -0.2) is 26.9 Å². The van der Waals surface area contributed by atoms with Crippen LogP contribution in [0.5, 0.6) is 0 Å². The molecule has 100 valence electrons. The maximum Gasteiger partial charge on any atom is 0.329 e. The minimum Gasteiger partial charge on any atom is -0.368 e. The van der Waals surface area contributed by atoms with Gasteiger partial charge in [-0.25, -0.2) is 9.97 Å². The van der Waals surface area contributed by atoms with Crippen molar-refractivity contribution < 1.29 is 4.92 Å². The van der Waals surface area contributed by atoms with Gasteiger partial charge in [0.25, 0.3) is 0 Å². The lowest BCUT2D eigenvalue weighted by Crippen LogP contribution is -2.20. The Hall–Kier alpha value is -2.29. The third-order valence-corrected chi connectivity index (χ3v) is 3.47. The molecule has 0 aliphatic rings. The molecular weight excluding hydrogens is 268 g/mol. The molecule has 0 aliphatic carbocycles. The number of nitro groups is 1. The molecule has 2 aromatic rings. The monoisotopic (exact) mass is 280 g/mol. The molecule has 9 heteroatoms. The molecule has 2 rings (SSSR count). The predicted octanol–water partition coefficient (Wildman–Crippen LogP) is 1.37. The van der Waals surface area contributed by atoms with Gasteiger partial charge in [0.2, 0.25) is 11.8 Å². The summed E-state index contributed by atoms with van der Waals surface area (Å²) in [6, 6.07) is 0. The van der Waals surface area contributed by atoms with Gasteiger partial charge >= 0.3 is 5.69 Å². The highest BCUT2D eigenvalue weighted by Gasteiger charge is 2.21. The van der Waals surface area contributed by atoms with Crippen molar-refractivity contribution in [3.63, 3.8) is 0 Å². The summed E-state index contributed by atoms with van der Waals surface area (Å²) >= 11 is 1.49. The number of aryl methyl sites for hydroxylation is 1. The summed E-state index contributed by atoms with van der Waals surface area (Å²) in [4.78, 5) is 24.8. The molecule has 0 spiro atoms. The van der Waals surface area contributed by atoms with Gasteiger partial charge in [0.05, 0.1) is 22.7 Å². The van der Waals surface area contributed by atoms with Crippen molar-refractivity contribution in [3.05, 3.63) is 32.4 Å². The van der Waals surface area contributed by atoms with Crippen molar-refractivity contribution in [2.75, 3.05) is 17.7 Å². The van der Waals surface area contributed by atoms with Gasteiger partial charge in [-0.05, 0) is 6.92 Å². The number of aromatic nitrogens is 3. The lowest BCUT2D eigenvalue weighted by Gasteiger charge is -2.17. The van der Waals surface area contributed by atoms with Crippen LogP contribution >= 0.6 is 11.3 Å². The average molecular weight is 280 g/mol. The average Bonchev–Trinajstić information content (AvgIpc) is 2.74. The molecule has 0 saturated carbocycles. The van der Waals surface area contributed by atoms with Gasteiger partial charge in [0.15, 0.2) is 0 Å². The molecule has 0 amide bonds. The molecule has 0 saturated heterocycles. The number of anilines is 2. The number of hydrogen-bond acceptors (Lipinski definition) is 8. The molecule has 0 aliphatic heterocycles. The fraction of sp³-hybridized carbons (Fsp3) is 0.300. The third kappa shape index (κ3) is 2.76. The van der Waals surface area contributed by atoms with E-state index in [2.05, 4.69) is 15.0 Å². The first-order valence-corrected chi connectivity index (χ1v) is 6.24. The van der Waals surface area contributed by atoms with E-state index in [0.29, 0.717) is 6.54 Å². The van der Waals surface area contributed by atoms with E-state index in [4.69, 9.17) is 5.73 Å². The SMILES string of the molecule is Cc1ncsc1CN(C)c1nc(N)ncc1[N+](=O)[O-]. The minimum atomic E-state index is -0.523. The van der Waals surface area contributed by atoms with Crippen LogP contribution in [0.3, 0.4) is 0 Å². The van der Waals surface area contributed by atoms with Gasteiger partial charge < -0.3 is 10.6 Å². The molecule has 0 radical (unpaired) electrons. The second-order valence-corrected chi connectivity index (χ2v) is 4.85. The molecule has 0 fully saturated rings. The Bertz CT molecular complexity index is 614. The Balaban J connectivity index is 2.32. The van der Waals surface area contributed by atoms with Crippen LogP contribution in [0.4, 0.5) is 17.5 Å². The number of nitrogens with zero attached hydrogens (tertiary/aromatic N) is 5. The maximum atomic E-state index is 11.0. The molecule has 2 heterocycles. The van der Waals surface area contributed by atoms with E-state index in [1.165, 1.54) is 11.3 Å². The molecule has 0 bridgehead atoms. The van der Waals surface area contributed by atoms with Gasteiger partial charge in [-0.1, -0.05) is 0 Å². The van der Waals surface area contributed by atoms with Gasteiger partial charge in [0.1, 0.15) is 6.20 Å². The van der Waals surface area contributed by atoms with Crippen molar-refractivity contribution in [1.29, 1.82) is 0 Å². The van der Waals surface area contributed by atoms with Crippen molar-refractivity contribution in [3.8, 4) is 0 Å². The summed E-state index contributed by atoms with van der Waals surface area (Å²) in [5.41, 5.74) is 7.96. The van der Waals surface area contributed by atoms with Crippen molar-refractivity contribution in [2.45, 2.75) is 13.5 Å². The van der Waals surface area contributed by atoms with E-state index in [1.54, 1.807) is 17.5 Å². The lowest BCUT2D eigenvalue weighted by atomic mass is 10.3. The summed E-state index contributed by atoms with van der Waals surface area (Å²) in [6.07, 6.45) is 1.12. The standard InChI is InChI=1S/C10H12N6O2S/c1-6-8(19-5-13-6)4-15(2)9-7(16(17)18)3-12-10(11)14-9/h3,5H,4H2,1-2H3,(H2,11,12,14). The number of nitrogen functional groups attached to an aromatic ring is 1. The van der Waals surface area contributed by atoms with Crippen LogP contribution in [0.15, 0.2) is 11.7 Å². The second kappa shape index (κ2) is 5.14. The van der Waals surface area contributed by atoms with E-state index >= 15 is 0 Å². The Labute approximate surface area is 113 Å². The molecule has 8 nitrogen and oxygen atoms in total. The van der Waals surface area contributed by atoms with Crippen molar-refractivity contribution >= 4 is 28.8 Å². The van der Waals surface area contributed by atoms with Crippen molar-refractivity contribution in [1.82, 2.24) is 15.0 Å². The Morgan fingerprint density at radius 2 is 2.26 bits per heavy atom. The molecule has 0 atom stereocenters. The Kier molecular flexibility index (Phi) is 3.56. The second-order valence-electron chi connectivity index (χ2n) is 3.91. The van der Waals surface area contributed by atoms with Gasteiger partial charge in [-0.2, -0.15) is 4.98 Å². The quantitative estimate of drug-likeness (QED) is 0.664. The fourth-order valence-electron chi connectivity index (χ4n) is 1.56. The normalized spacial score (nSPS) is 10.4. The highest BCUT2D eigenvalue weighted by atomic mass is 32.1. The van der Waals surface area contributed by atoms with E-state index in [0.717, 1.165) is 16.8 Å². The fourth-order valence-corrected chi connectivity index (χ4v) is 2.39. The molecule has 0 unspecified atom stereocenters. The first-order valence-electron chi connectivity index (χ1n) is 5.36. The zero-order valence-corrected chi connectivity index (χ0v) is 11.2. The first kappa shape index (κ1) is 13.1. The van der Waals surface area contributed by atoms with Gasteiger partial charge in [-0.3, -0.25) is 10.1 Å². The summed E-state index contributed by atoms with van der Waals surface area (Å²) in [5, 5.41) is 11.0. The van der Waals surface area contributed by atoms with E-state index in [9.17, 15) is 10.1 Å². The van der Waals surface area contributed by atoms with E-state index in [1.807, 2.05) is 6.92 Å².